The Bertz CT molecular complexity index is 806. The fourth-order valence-corrected chi connectivity index (χ4v) is 2.54. The van der Waals surface area contributed by atoms with Crippen LogP contribution in [-0.4, -0.2) is 32.0 Å². The van der Waals surface area contributed by atoms with Gasteiger partial charge in [-0.25, -0.2) is 0 Å². The number of amides is 1. The number of nitrogens with one attached hydrogen (secondary N) is 2. The van der Waals surface area contributed by atoms with E-state index in [2.05, 4.69) is 10.6 Å². The summed E-state index contributed by atoms with van der Waals surface area (Å²) in [5.41, 5.74) is 1.78. The maximum Gasteiger partial charge on any atom is 0.246 e. The van der Waals surface area contributed by atoms with Gasteiger partial charge in [-0.2, -0.15) is 0 Å². The Balaban J connectivity index is 2.10. The van der Waals surface area contributed by atoms with Crippen LogP contribution in [0.5, 0.6) is 11.5 Å². The number of ketones is 1. The molecule has 0 aromatic heterocycles. The van der Waals surface area contributed by atoms with Gasteiger partial charge in [0.15, 0.2) is 5.78 Å². The standard InChI is InChI=1S/C19H21ClN2O4/c1-11(19(24)22-14-7-5-13(6-8-14)12(2)23)21-16-10-17(25-3)15(20)9-18(16)26-4/h5-11,21H,1-4H3,(H,22,24). The van der Waals surface area contributed by atoms with Crippen LogP contribution in [0.3, 0.4) is 0 Å². The number of halogens is 1. The van der Waals surface area contributed by atoms with E-state index in [1.165, 1.54) is 21.1 Å². The van der Waals surface area contributed by atoms with Crippen molar-refractivity contribution in [2.45, 2.75) is 19.9 Å². The first-order valence-corrected chi connectivity index (χ1v) is 8.33. The minimum absolute atomic E-state index is 0.0262. The lowest BCUT2D eigenvalue weighted by Gasteiger charge is -2.18. The third-order valence-corrected chi connectivity index (χ3v) is 4.09. The van der Waals surface area contributed by atoms with Gasteiger partial charge < -0.3 is 20.1 Å². The summed E-state index contributed by atoms with van der Waals surface area (Å²) in [6, 6.07) is 9.45. The number of carbonyl (C=O) groups excluding carboxylic acids is 2. The maximum atomic E-state index is 12.4. The fourth-order valence-electron chi connectivity index (χ4n) is 2.31. The van der Waals surface area contributed by atoms with Crippen molar-refractivity contribution in [3.63, 3.8) is 0 Å². The second-order valence-corrected chi connectivity index (χ2v) is 6.08. The number of rotatable bonds is 7. The van der Waals surface area contributed by atoms with Crippen molar-refractivity contribution in [2.75, 3.05) is 24.9 Å². The number of Topliss-reactive ketones (excluding diaryl/α,β-unsaturated/α-hetero) is 1. The van der Waals surface area contributed by atoms with Crippen LogP contribution in [0.2, 0.25) is 5.02 Å². The van der Waals surface area contributed by atoms with Gasteiger partial charge in [0.25, 0.3) is 0 Å². The quantitative estimate of drug-likeness (QED) is 0.714. The van der Waals surface area contributed by atoms with E-state index < -0.39 is 6.04 Å². The molecule has 2 rings (SSSR count). The molecule has 1 unspecified atom stereocenters. The number of hydrogen-bond donors (Lipinski definition) is 2. The van der Waals surface area contributed by atoms with Gasteiger partial charge in [0.1, 0.15) is 17.5 Å². The Kier molecular flexibility index (Phi) is 6.46. The molecule has 138 valence electrons. The average molecular weight is 377 g/mol. The highest BCUT2D eigenvalue weighted by Crippen LogP contribution is 2.36. The monoisotopic (exact) mass is 376 g/mol. The van der Waals surface area contributed by atoms with Crippen LogP contribution in [-0.2, 0) is 4.79 Å². The zero-order valence-corrected chi connectivity index (χ0v) is 15.8. The van der Waals surface area contributed by atoms with Crippen molar-refractivity contribution >= 4 is 34.7 Å². The Morgan fingerprint density at radius 2 is 1.65 bits per heavy atom. The molecule has 2 aromatic carbocycles. The largest absolute Gasteiger partial charge is 0.495 e. The topological polar surface area (TPSA) is 76.7 Å². The number of ether oxygens (including phenoxy) is 2. The average Bonchev–Trinajstić information content (AvgIpc) is 2.63. The lowest BCUT2D eigenvalue weighted by Crippen LogP contribution is -2.32. The molecular weight excluding hydrogens is 356 g/mol. The molecule has 2 aromatic rings. The normalized spacial score (nSPS) is 11.4. The van der Waals surface area contributed by atoms with Crippen LogP contribution in [0.1, 0.15) is 24.2 Å². The molecule has 7 heteroatoms. The molecule has 26 heavy (non-hydrogen) atoms. The predicted molar refractivity (Wildman–Crippen MR) is 103 cm³/mol. The van der Waals surface area contributed by atoms with Gasteiger partial charge in [-0.15, -0.1) is 0 Å². The van der Waals surface area contributed by atoms with E-state index in [1.807, 2.05) is 0 Å². The van der Waals surface area contributed by atoms with E-state index in [9.17, 15) is 9.59 Å². The van der Waals surface area contributed by atoms with Crippen molar-refractivity contribution in [2.24, 2.45) is 0 Å². The van der Waals surface area contributed by atoms with Crippen molar-refractivity contribution in [1.82, 2.24) is 0 Å². The van der Waals surface area contributed by atoms with Gasteiger partial charge in [-0.3, -0.25) is 9.59 Å². The van der Waals surface area contributed by atoms with Crippen LogP contribution in [0, 0.1) is 0 Å². The SMILES string of the molecule is COc1cc(NC(C)C(=O)Nc2ccc(C(C)=O)cc2)c(OC)cc1Cl. The minimum Gasteiger partial charge on any atom is -0.495 e. The Morgan fingerprint density at radius 3 is 2.19 bits per heavy atom. The number of methoxy groups -OCH3 is 2. The first-order valence-electron chi connectivity index (χ1n) is 7.95. The molecule has 1 atom stereocenters. The maximum absolute atomic E-state index is 12.4. The highest BCUT2D eigenvalue weighted by molar-refractivity contribution is 6.32. The number of hydrogen-bond acceptors (Lipinski definition) is 5. The van der Waals surface area contributed by atoms with Crippen LogP contribution in [0.15, 0.2) is 36.4 Å². The molecule has 6 nitrogen and oxygen atoms in total. The van der Waals surface area contributed by atoms with E-state index >= 15 is 0 Å². The van der Waals surface area contributed by atoms with Gasteiger partial charge in [-0.05, 0) is 38.1 Å². The first kappa shape index (κ1) is 19.6. The van der Waals surface area contributed by atoms with E-state index in [4.69, 9.17) is 21.1 Å². The third-order valence-electron chi connectivity index (χ3n) is 3.80. The van der Waals surface area contributed by atoms with Crippen molar-refractivity contribution in [3.05, 3.63) is 47.0 Å². The van der Waals surface area contributed by atoms with Gasteiger partial charge in [0, 0.05) is 23.4 Å². The van der Waals surface area contributed by atoms with Crippen LogP contribution >= 0.6 is 11.6 Å². The van der Waals surface area contributed by atoms with Crippen molar-refractivity contribution in [3.8, 4) is 11.5 Å². The molecule has 2 N–H and O–H groups in total. The van der Waals surface area contributed by atoms with E-state index in [1.54, 1.807) is 43.3 Å². The lowest BCUT2D eigenvalue weighted by molar-refractivity contribution is -0.116. The second kappa shape index (κ2) is 8.58. The molecule has 0 fully saturated rings. The highest BCUT2D eigenvalue weighted by Gasteiger charge is 2.17. The number of carbonyl (C=O) groups is 2. The fraction of sp³-hybridized carbons (Fsp3) is 0.263. The predicted octanol–water partition coefficient (Wildman–Crippen LogP) is 4.00. The Hall–Kier alpha value is -2.73. The van der Waals surface area contributed by atoms with Crippen LogP contribution in [0.4, 0.5) is 11.4 Å². The molecule has 1 amide bonds. The second-order valence-electron chi connectivity index (χ2n) is 5.68. The first-order chi connectivity index (χ1) is 12.3. The molecule has 0 aliphatic rings. The van der Waals surface area contributed by atoms with Gasteiger partial charge >= 0.3 is 0 Å². The van der Waals surface area contributed by atoms with Crippen LogP contribution in [0.25, 0.3) is 0 Å². The third kappa shape index (κ3) is 4.67. The van der Waals surface area contributed by atoms with E-state index in [0.717, 1.165) is 0 Å². The zero-order valence-electron chi connectivity index (χ0n) is 15.1. The number of anilines is 2. The molecule has 0 heterocycles. The number of benzene rings is 2. The summed E-state index contributed by atoms with van der Waals surface area (Å²) in [7, 11) is 3.03. The van der Waals surface area contributed by atoms with Gasteiger partial charge in [0.2, 0.25) is 5.91 Å². The molecule has 0 radical (unpaired) electrons. The highest BCUT2D eigenvalue weighted by atomic mass is 35.5. The summed E-state index contributed by atoms with van der Waals surface area (Å²) < 4.78 is 10.5. The summed E-state index contributed by atoms with van der Waals surface area (Å²) in [6.07, 6.45) is 0. The summed E-state index contributed by atoms with van der Waals surface area (Å²) in [4.78, 5) is 23.7. The Morgan fingerprint density at radius 1 is 1.04 bits per heavy atom. The molecule has 0 aliphatic heterocycles. The summed E-state index contributed by atoms with van der Waals surface area (Å²) in [6.45, 7) is 3.22. The minimum atomic E-state index is -0.553. The molecule has 0 spiro atoms. The summed E-state index contributed by atoms with van der Waals surface area (Å²) >= 11 is 6.09. The molecule has 0 bridgehead atoms. The molecule has 0 aliphatic carbocycles. The smallest absolute Gasteiger partial charge is 0.246 e. The molecule has 0 saturated carbocycles. The molecular formula is C19H21ClN2O4. The van der Waals surface area contributed by atoms with Gasteiger partial charge in [0.05, 0.1) is 24.9 Å². The van der Waals surface area contributed by atoms with Crippen LogP contribution < -0.4 is 20.1 Å². The zero-order chi connectivity index (χ0) is 19.3. The molecule has 0 saturated heterocycles. The lowest BCUT2D eigenvalue weighted by atomic mass is 10.1. The summed E-state index contributed by atoms with van der Waals surface area (Å²) in [5, 5.41) is 6.29. The van der Waals surface area contributed by atoms with Gasteiger partial charge in [-0.1, -0.05) is 11.6 Å². The van der Waals surface area contributed by atoms with E-state index in [-0.39, 0.29) is 11.7 Å². The van der Waals surface area contributed by atoms with Crippen molar-refractivity contribution < 1.29 is 19.1 Å². The van der Waals surface area contributed by atoms with Crippen molar-refractivity contribution in [1.29, 1.82) is 0 Å². The Labute approximate surface area is 157 Å². The van der Waals surface area contributed by atoms with E-state index in [0.29, 0.717) is 33.5 Å². The summed E-state index contributed by atoms with van der Waals surface area (Å²) in [5.74, 6) is 0.710.